The number of nitrogens with two attached hydrogens (primary N) is 1. The van der Waals surface area contributed by atoms with Crippen molar-refractivity contribution in [1.29, 1.82) is 0 Å². The number of amides is 3. The monoisotopic (exact) mass is 439 g/mol. The number of aromatic nitrogens is 1. The Balaban J connectivity index is 1.42. The molecule has 0 bridgehead atoms. The van der Waals surface area contributed by atoms with Crippen LogP contribution in [0.1, 0.15) is 48.7 Å². The standard InChI is InChI=1S/C23H26FN5O3/c1-14-3-8-17(25)19(26-14)27-16-6-4-15(5-7-16)18(30)13-29-20(31)23(28-21(29)32)11-9-22(2,24)10-12-23/h3-8H,9-13,25H2,1-2H3,(H,26,27)(H,28,32). The quantitative estimate of drug-likeness (QED) is 0.485. The molecule has 1 aromatic heterocycles. The average molecular weight is 439 g/mol. The van der Waals surface area contributed by atoms with Crippen LogP contribution in [0, 0.1) is 6.92 Å². The van der Waals surface area contributed by atoms with E-state index in [0.717, 1.165) is 10.6 Å². The minimum Gasteiger partial charge on any atom is -0.396 e. The van der Waals surface area contributed by atoms with E-state index in [0.29, 0.717) is 22.8 Å². The molecule has 2 aliphatic rings. The Labute approximate surface area is 185 Å². The van der Waals surface area contributed by atoms with E-state index in [4.69, 9.17) is 5.73 Å². The molecule has 1 aliphatic carbocycles. The molecule has 2 fully saturated rings. The zero-order chi connectivity index (χ0) is 23.1. The van der Waals surface area contributed by atoms with Crippen LogP contribution >= 0.6 is 0 Å². The molecule has 4 rings (SSSR count). The first kappa shape index (κ1) is 21.7. The number of halogens is 1. The largest absolute Gasteiger partial charge is 0.396 e. The fourth-order valence-electron chi connectivity index (χ4n) is 4.14. The Hall–Kier alpha value is -3.49. The summed E-state index contributed by atoms with van der Waals surface area (Å²) in [4.78, 5) is 43.4. The number of carbonyl (C=O) groups is 3. The van der Waals surface area contributed by atoms with Gasteiger partial charge in [0.1, 0.15) is 11.2 Å². The molecule has 0 atom stereocenters. The third kappa shape index (κ3) is 4.15. The van der Waals surface area contributed by atoms with Crippen molar-refractivity contribution in [2.45, 2.75) is 50.7 Å². The van der Waals surface area contributed by atoms with Crippen molar-refractivity contribution in [3.8, 4) is 0 Å². The predicted octanol–water partition coefficient (Wildman–Crippen LogP) is 3.49. The fourth-order valence-corrected chi connectivity index (χ4v) is 4.14. The number of nitrogens with one attached hydrogen (secondary N) is 2. The Kier molecular flexibility index (Phi) is 5.36. The van der Waals surface area contributed by atoms with Crippen LogP contribution < -0.4 is 16.4 Å². The van der Waals surface area contributed by atoms with Gasteiger partial charge in [-0.15, -0.1) is 0 Å². The van der Waals surface area contributed by atoms with Crippen molar-refractivity contribution >= 4 is 34.9 Å². The van der Waals surface area contributed by atoms with Gasteiger partial charge < -0.3 is 16.4 Å². The number of carbonyl (C=O) groups excluding carboxylic acids is 3. The molecule has 8 nitrogen and oxygen atoms in total. The molecule has 32 heavy (non-hydrogen) atoms. The summed E-state index contributed by atoms with van der Waals surface area (Å²) in [5.41, 5.74) is 5.86. The normalized spacial score (nSPS) is 25.2. The maximum atomic E-state index is 14.2. The zero-order valence-electron chi connectivity index (χ0n) is 18.1. The minimum absolute atomic E-state index is 0.190. The second kappa shape index (κ2) is 7.89. The van der Waals surface area contributed by atoms with Crippen molar-refractivity contribution in [2.24, 2.45) is 0 Å². The second-order valence-corrected chi connectivity index (χ2v) is 8.83. The second-order valence-electron chi connectivity index (χ2n) is 8.83. The fraction of sp³-hybridized carbons (Fsp3) is 0.391. The van der Waals surface area contributed by atoms with Crippen LogP contribution in [-0.2, 0) is 4.79 Å². The van der Waals surface area contributed by atoms with Gasteiger partial charge in [-0.25, -0.2) is 14.2 Å². The van der Waals surface area contributed by atoms with Gasteiger partial charge in [0.05, 0.1) is 12.2 Å². The van der Waals surface area contributed by atoms with Crippen molar-refractivity contribution in [3.05, 3.63) is 47.7 Å². The first-order valence-electron chi connectivity index (χ1n) is 10.6. The molecule has 2 heterocycles. The number of hydrogen-bond donors (Lipinski definition) is 3. The number of anilines is 3. The Morgan fingerprint density at radius 1 is 1.16 bits per heavy atom. The van der Waals surface area contributed by atoms with Crippen LogP contribution in [0.5, 0.6) is 0 Å². The highest BCUT2D eigenvalue weighted by atomic mass is 19.1. The van der Waals surface area contributed by atoms with Crippen LogP contribution in [0.2, 0.25) is 0 Å². The van der Waals surface area contributed by atoms with Crippen LogP contribution in [0.15, 0.2) is 36.4 Å². The SMILES string of the molecule is Cc1ccc(N)c(Nc2ccc(C(=O)CN3C(=O)NC4(CCC(C)(F)CC4)C3=O)cc2)n1. The van der Waals surface area contributed by atoms with Crippen LogP contribution in [-0.4, -0.2) is 45.4 Å². The number of ketones is 1. The van der Waals surface area contributed by atoms with Crippen LogP contribution in [0.4, 0.5) is 26.4 Å². The smallest absolute Gasteiger partial charge is 0.325 e. The summed E-state index contributed by atoms with van der Waals surface area (Å²) >= 11 is 0. The molecule has 168 valence electrons. The van der Waals surface area contributed by atoms with E-state index >= 15 is 0 Å². The van der Waals surface area contributed by atoms with Gasteiger partial charge in [-0.3, -0.25) is 14.5 Å². The molecule has 4 N–H and O–H groups in total. The topological polar surface area (TPSA) is 117 Å². The number of Topliss-reactive ketones (excluding diaryl/α,β-unsaturated/α-hetero) is 1. The lowest BCUT2D eigenvalue weighted by atomic mass is 9.75. The summed E-state index contributed by atoms with van der Waals surface area (Å²) in [6, 6.07) is 9.59. The van der Waals surface area contributed by atoms with E-state index in [1.165, 1.54) is 6.92 Å². The van der Waals surface area contributed by atoms with Crippen molar-refractivity contribution < 1.29 is 18.8 Å². The number of nitrogens with zero attached hydrogens (tertiary/aromatic N) is 2. The maximum absolute atomic E-state index is 14.2. The molecule has 1 spiro atoms. The molecule has 9 heteroatoms. The van der Waals surface area contributed by atoms with E-state index in [2.05, 4.69) is 15.6 Å². The maximum Gasteiger partial charge on any atom is 0.325 e. The Morgan fingerprint density at radius 2 is 1.81 bits per heavy atom. The third-order valence-corrected chi connectivity index (χ3v) is 6.23. The molecule has 1 aliphatic heterocycles. The third-order valence-electron chi connectivity index (χ3n) is 6.23. The Morgan fingerprint density at radius 3 is 2.47 bits per heavy atom. The lowest BCUT2D eigenvalue weighted by molar-refractivity contribution is -0.133. The van der Waals surface area contributed by atoms with Gasteiger partial charge >= 0.3 is 6.03 Å². The van der Waals surface area contributed by atoms with Crippen molar-refractivity contribution in [2.75, 3.05) is 17.6 Å². The number of alkyl halides is 1. The molecule has 1 aromatic carbocycles. The lowest BCUT2D eigenvalue weighted by Gasteiger charge is -2.36. The molecule has 0 unspecified atom stereocenters. The highest BCUT2D eigenvalue weighted by Crippen LogP contribution is 2.40. The van der Waals surface area contributed by atoms with E-state index in [9.17, 15) is 18.8 Å². The van der Waals surface area contributed by atoms with Gasteiger partial charge in [0.2, 0.25) is 0 Å². The average Bonchev–Trinajstić information content (AvgIpc) is 2.98. The van der Waals surface area contributed by atoms with Gasteiger partial charge in [-0.05, 0) is 75.9 Å². The number of benzene rings is 1. The summed E-state index contributed by atoms with van der Waals surface area (Å²) in [5, 5.41) is 5.80. The van der Waals surface area contributed by atoms with Gasteiger partial charge in [-0.1, -0.05) is 0 Å². The number of urea groups is 1. The first-order chi connectivity index (χ1) is 15.1. The number of pyridine rings is 1. The predicted molar refractivity (Wildman–Crippen MR) is 118 cm³/mol. The molecular weight excluding hydrogens is 413 g/mol. The van der Waals surface area contributed by atoms with Crippen LogP contribution in [0.25, 0.3) is 0 Å². The van der Waals surface area contributed by atoms with Gasteiger partial charge in [-0.2, -0.15) is 0 Å². The summed E-state index contributed by atoms with van der Waals surface area (Å²) in [6.45, 7) is 3.00. The molecule has 2 aromatic rings. The Bertz CT molecular complexity index is 1070. The summed E-state index contributed by atoms with van der Waals surface area (Å²) in [5.74, 6) is -0.298. The summed E-state index contributed by atoms with van der Waals surface area (Å²) < 4.78 is 14.2. The number of aryl methyl sites for hydroxylation is 1. The number of nitrogen functional groups attached to an aromatic ring is 1. The molecule has 1 saturated heterocycles. The molecule has 1 saturated carbocycles. The number of hydrogen-bond acceptors (Lipinski definition) is 6. The van der Waals surface area contributed by atoms with E-state index < -0.39 is 23.1 Å². The minimum atomic E-state index is -1.34. The van der Waals surface area contributed by atoms with Crippen molar-refractivity contribution in [3.63, 3.8) is 0 Å². The number of rotatable bonds is 5. The first-order valence-corrected chi connectivity index (χ1v) is 10.6. The van der Waals surface area contributed by atoms with E-state index in [-0.39, 0.29) is 38.0 Å². The number of imide groups is 1. The highest BCUT2D eigenvalue weighted by molar-refractivity contribution is 6.11. The summed E-state index contributed by atoms with van der Waals surface area (Å²) in [6.07, 6.45) is 0.836. The van der Waals surface area contributed by atoms with Gasteiger partial charge in [0.25, 0.3) is 5.91 Å². The molecular formula is C23H26FN5O3. The lowest BCUT2D eigenvalue weighted by Crippen LogP contribution is -2.52. The van der Waals surface area contributed by atoms with E-state index in [1.54, 1.807) is 30.3 Å². The van der Waals surface area contributed by atoms with Crippen LogP contribution in [0.3, 0.4) is 0 Å². The molecule has 3 amide bonds. The highest BCUT2D eigenvalue weighted by Gasteiger charge is 2.54. The van der Waals surface area contributed by atoms with Gasteiger partial charge in [0, 0.05) is 16.9 Å². The summed E-state index contributed by atoms with van der Waals surface area (Å²) in [7, 11) is 0. The zero-order valence-corrected chi connectivity index (χ0v) is 18.1. The van der Waals surface area contributed by atoms with Gasteiger partial charge in [0.15, 0.2) is 11.6 Å². The van der Waals surface area contributed by atoms with Crippen molar-refractivity contribution in [1.82, 2.24) is 15.2 Å². The molecule has 0 radical (unpaired) electrons. The van der Waals surface area contributed by atoms with E-state index in [1.807, 2.05) is 13.0 Å².